The van der Waals surface area contributed by atoms with E-state index in [2.05, 4.69) is 57.5 Å². The zero-order valence-electron chi connectivity index (χ0n) is 12.1. The van der Waals surface area contributed by atoms with Crippen molar-refractivity contribution in [3.05, 3.63) is 46.2 Å². The van der Waals surface area contributed by atoms with Crippen molar-refractivity contribution in [3.63, 3.8) is 0 Å². The summed E-state index contributed by atoms with van der Waals surface area (Å²) < 4.78 is 8.52. The lowest BCUT2D eigenvalue weighted by Crippen LogP contribution is -2.23. The van der Waals surface area contributed by atoms with Crippen molar-refractivity contribution in [1.82, 2.24) is 15.1 Å². The van der Waals surface area contributed by atoms with Crippen molar-refractivity contribution >= 4 is 15.9 Å². The standard InChI is InChI=1S/C15H20BrN3O/c1-4-19-15(14(20-3)10-18-19)13(17-2)9-11-5-7-12(16)8-6-11/h5-8,10,13,17H,4,9H2,1-3H3. The van der Waals surface area contributed by atoms with Crippen molar-refractivity contribution in [3.8, 4) is 5.75 Å². The molecular formula is C15H20BrN3O. The van der Waals surface area contributed by atoms with Crippen LogP contribution in [0.5, 0.6) is 5.75 Å². The summed E-state index contributed by atoms with van der Waals surface area (Å²) in [4.78, 5) is 0. The molecule has 4 nitrogen and oxygen atoms in total. The third-order valence-corrected chi connectivity index (χ3v) is 3.92. The van der Waals surface area contributed by atoms with Gasteiger partial charge in [0.1, 0.15) is 0 Å². The molecule has 1 N–H and O–H groups in total. The predicted molar refractivity (Wildman–Crippen MR) is 84.1 cm³/mol. The number of nitrogens with one attached hydrogen (secondary N) is 1. The number of benzene rings is 1. The average molecular weight is 338 g/mol. The second kappa shape index (κ2) is 6.90. The van der Waals surface area contributed by atoms with Gasteiger partial charge in [0.2, 0.25) is 0 Å². The number of aromatic nitrogens is 2. The molecule has 0 bridgehead atoms. The molecule has 0 spiro atoms. The number of aryl methyl sites for hydroxylation is 1. The van der Waals surface area contributed by atoms with Crippen molar-refractivity contribution < 1.29 is 4.74 Å². The summed E-state index contributed by atoms with van der Waals surface area (Å²) in [6.45, 7) is 2.92. The predicted octanol–water partition coefficient (Wildman–Crippen LogP) is 3.18. The van der Waals surface area contributed by atoms with Gasteiger partial charge in [-0.05, 0) is 38.1 Å². The molecule has 0 aliphatic heterocycles. The van der Waals surface area contributed by atoms with Crippen LogP contribution in [0, 0.1) is 0 Å². The first-order valence-electron chi connectivity index (χ1n) is 6.71. The van der Waals surface area contributed by atoms with E-state index in [9.17, 15) is 0 Å². The Labute approximate surface area is 128 Å². The molecule has 108 valence electrons. The first-order valence-corrected chi connectivity index (χ1v) is 7.50. The van der Waals surface area contributed by atoms with E-state index < -0.39 is 0 Å². The zero-order chi connectivity index (χ0) is 14.5. The van der Waals surface area contributed by atoms with Gasteiger partial charge in [-0.1, -0.05) is 28.1 Å². The lowest BCUT2D eigenvalue weighted by molar-refractivity contribution is 0.394. The maximum atomic E-state index is 5.44. The van der Waals surface area contributed by atoms with Gasteiger partial charge in [0.25, 0.3) is 0 Å². The van der Waals surface area contributed by atoms with Crippen LogP contribution in [0.4, 0.5) is 0 Å². The van der Waals surface area contributed by atoms with Crippen molar-refractivity contribution in [2.75, 3.05) is 14.2 Å². The Morgan fingerprint density at radius 2 is 2.05 bits per heavy atom. The van der Waals surface area contributed by atoms with Gasteiger partial charge in [0.15, 0.2) is 5.75 Å². The lowest BCUT2D eigenvalue weighted by Gasteiger charge is -2.19. The molecule has 20 heavy (non-hydrogen) atoms. The van der Waals surface area contributed by atoms with E-state index in [0.717, 1.165) is 28.9 Å². The zero-order valence-corrected chi connectivity index (χ0v) is 13.6. The molecule has 0 saturated carbocycles. The maximum Gasteiger partial charge on any atom is 0.161 e. The van der Waals surface area contributed by atoms with Crippen LogP contribution >= 0.6 is 15.9 Å². The van der Waals surface area contributed by atoms with Gasteiger partial charge in [0.05, 0.1) is 25.0 Å². The fourth-order valence-electron chi connectivity index (χ4n) is 2.33. The highest BCUT2D eigenvalue weighted by Crippen LogP contribution is 2.27. The Hall–Kier alpha value is -1.33. The van der Waals surface area contributed by atoms with Gasteiger partial charge < -0.3 is 10.1 Å². The summed E-state index contributed by atoms with van der Waals surface area (Å²) in [6, 6.07) is 8.57. The first kappa shape index (κ1) is 15.1. The van der Waals surface area contributed by atoms with Crippen LogP contribution in [0.25, 0.3) is 0 Å². The summed E-state index contributed by atoms with van der Waals surface area (Å²) in [5, 5.41) is 7.74. The highest BCUT2D eigenvalue weighted by molar-refractivity contribution is 9.10. The van der Waals surface area contributed by atoms with Crippen molar-refractivity contribution in [1.29, 1.82) is 0 Å². The summed E-state index contributed by atoms with van der Waals surface area (Å²) in [5.74, 6) is 0.836. The summed E-state index contributed by atoms with van der Waals surface area (Å²) in [7, 11) is 3.66. The highest BCUT2D eigenvalue weighted by Gasteiger charge is 2.20. The number of nitrogens with zero attached hydrogens (tertiary/aromatic N) is 2. The van der Waals surface area contributed by atoms with Crippen LogP contribution in [0.2, 0.25) is 0 Å². The van der Waals surface area contributed by atoms with Crippen molar-refractivity contribution in [2.24, 2.45) is 0 Å². The number of likely N-dealkylation sites (N-methyl/N-ethyl adjacent to an activating group) is 1. The van der Waals surface area contributed by atoms with Crippen LogP contribution in [0.3, 0.4) is 0 Å². The Morgan fingerprint density at radius 1 is 1.35 bits per heavy atom. The van der Waals surface area contributed by atoms with E-state index in [1.165, 1.54) is 5.56 Å². The number of hydrogen-bond donors (Lipinski definition) is 1. The van der Waals surface area contributed by atoms with Crippen LogP contribution in [-0.2, 0) is 13.0 Å². The van der Waals surface area contributed by atoms with Crippen LogP contribution in [0.1, 0.15) is 24.2 Å². The Kier molecular flexibility index (Phi) is 5.20. The van der Waals surface area contributed by atoms with Gasteiger partial charge in [-0.2, -0.15) is 5.10 Å². The SMILES string of the molecule is CCn1ncc(OC)c1C(Cc1ccc(Br)cc1)NC. The minimum atomic E-state index is 0.175. The summed E-state index contributed by atoms with van der Waals surface area (Å²) in [6.07, 6.45) is 2.68. The normalized spacial score (nSPS) is 12.4. The molecule has 0 aliphatic rings. The molecule has 1 aromatic carbocycles. The molecule has 0 saturated heterocycles. The molecule has 2 aromatic rings. The molecule has 1 heterocycles. The van der Waals surface area contributed by atoms with Crippen LogP contribution in [-0.4, -0.2) is 23.9 Å². The van der Waals surface area contributed by atoms with E-state index in [4.69, 9.17) is 4.74 Å². The van der Waals surface area contributed by atoms with Gasteiger partial charge >= 0.3 is 0 Å². The molecule has 0 fully saturated rings. The second-order valence-corrected chi connectivity index (χ2v) is 5.50. The van der Waals surface area contributed by atoms with Gasteiger partial charge in [-0.3, -0.25) is 4.68 Å². The monoisotopic (exact) mass is 337 g/mol. The third kappa shape index (κ3) is 3.22. The average Bonchev–Trinajstić information content (AvgIpc) is 2.89. The number of hydrogen-bond acceptors (Lipinski definition) is 3. The Balaban J connectivity index is 2.27. The van der Waals surface area contributed by atoms with E-state index in [1.54, 1.807) is 13.3 Å². The quantitative estimate of drug-likeness (QED) is 0.879. The minimum absolute atomic E-state index is 0.175. The summed E-state index contributed by atoms with van der Waals surface area (Å²) in [5.41, 5.74) is 2.37. The maximum absolute atomic E-state index is 5.44. The number of methoxy groups -OCH3 is 1. The molecule has 1 atom stereocenters. The molecule has 1 aromatic heterocycles. The molecule has 5 heteroatoms. The van der Waals surface area contributed by atoms with Gasteiger partial charge in [-0.15, -0.1) is 0 Å². The topological polar surface area (TPSA) is 39.1 Å². The van der Waals surface area contributed by atoms with Gasteiger partial charge in [-0.25, -0.2) is 0 Å². The molecule has 2 rings (SSSR count). The van der Waals surface area contributed by atoms with E-state index >= 15 is 0 Å². The molecule has 0 radical (unpaired) electrons. The van der Waals surface area contributed by atoms with Gasteiger partial charge in [0, 0.05) is 11.0 Å². The van der Waals surface area contributed by atoms with E-state index in [-0.39, 0.29) is 6.04 Å². The fourth-order valence-corrected chi connectivity index (χ4v) is 2.59. The third-order valence-electron chi connectivity index (χ3n) is 3.40. The van der Waals surface area contributed by atoms with Crippen molar-refractivity contribution in [2.45, 2.75) is 25.9 Å². The van der Waals surface area contributed by atoms with E-state index in [1.807, 2.05) is 11.7 Å². The minimum Gasteiger partial charge on any atom is -0.493 e. The molecule has 0 aliphatic carbocycles. The Bertz CT molecular complexity index is 529. The summed E-state index contributed by atoms with van der Waals surface area (Å²) >= 11 is 3.46. The largest absolute Gasteiger partial charge is 0.493 e. The molecule has 1 unspecified atom stereocenters. The number of halogens is 1. The lowest BCUT2D eigenvalue weighted by atomic mass is 10.0. The number of rotatable bonds is 6. The fraction of sp³-hybridized carbons (Fsp3) is 0.400. The van der Waals surface area contributed by atoms with Crippen LogP contribution < -0.4 is 10.1 Å². The van der Waals surface area contributed by atoms with E-state index in [0.29, 0.717) is 0 Å². The Morgan fingerprint density at radius 3 is 2.60 bits per heavy atom. The second-order valence-electron chi connectivity index (χ2n) is 4.59. The number of ether oxygens (including phenoxy) is 1. The molecule has 0 amide bonds. The molecular weight excluding hydrogens is 318 g/mol. The smallest absolute Gasteiger partial charge is 0.161 e. The highest BCUT2D eigenvalue weighted by atomic mass is 79.9. The van der Waals surface area contributed by atoms with Crippen LogP contribution in [0.15, 0.2) is 34.9 Å². The first-order chi connectivity index (χ1) is 9.69.